The van der Waals surface area contributed by atoms with Crippen LogP contribution in [0.3, 0.4) is 0 Å². The first-order valence-corrected chi connectivity index (χ1v) is 8.03. The molecule has 0 saturated heterocycles. The Kier molecular flexibility index (Phi) is 5.16. The van der Waals surface area contributed by atoms with E-state index in [1.54, 1.807) is 24.3 Å². The SMILES string of the molecule is O=C(CNc1cccc(Cl)c1)NN=Cc1c(O)ccc2ccccc12. The van der Waals surface area contributed by atoms with Crippen molar-refractivity contribution in [2.24, 2.45) is 5.10 Å². The van der Waals surface area contributed by atoms with E-state index in [0.717, 1.165) is 16.5 Å². The Morgan fingerprint density at radius 1 is 1.12 bits per heavy atom. The fourth-order valence-corrected chi connectivity index (χ4v) is 2.60. The summed E-state index contributed by atoms with van der Waals surface area (Å²) in [5, 5.41) is 19.3. The largest absolute Gasteiger partial charge is 0.507 e. The summed E-state index contributed by atoms with van der Waals surface area (Å²) in [6, 6.07) is 18.2. The van der Waals surface area contributed by atoms with E-state index in [1.165, 1.54) is 6.21 Å². The molecule has 0 aliphatic rings. The Morgan fingerprint density at radius 3 is 2.80 bits per heavy atom. The van der Waals surface area contributed by atoms with Crippen molar-refractivity contribution in [1.82, 2.24) is 5.43 Å². The number of carbonyl (C=O) groups excluding carboxylic acids is 1. The zero-order chi connectivity index (χ0) is 17.6. The summed E-state index contributed by atoms with van der Waals surface area (Å²) in [6.45, 7) is 0.0548. The number of aromatic hydroxyl groups is 1. The number of nitrogens with zero attached hydrogens (tertiary/aromatic N) is 1. The molecular weight excluding hydrogens is 338 g/mol. The third kappa shape index (κ3) is 4.28. The topological polar surface area (TPSA) is 73.7 Å². The van der Waals surface area contributed by atoms with Gasteiger partial charge in [0.15, 0.2) is 0 Å². The number of halogens is 1. The summed E-state index contributed by atoms with van der Waals surface area (Å²) in [5.74, 6) is -0.204. The third-order valence-corrected chi connectivity index (χ3v) is 3.84. The normalized spacial score (nSPS) is 10.9. The first-order chi connectivity index (χ1) is 12.1. The third-order valence-electron chi connectivity index (χ3n) is 3.61. The number of carbonyl (C=O) groups is 1. The summed E-state index contributed by atoms with van der Waals surface area (Å²) in [6.07, 6.45) is 1.44. The van der Waals surface area contributed by atoms with Crippen LogP contribution in [0.2, 0.25) is 5.02 Å². The number of benzene rings is 3. The number of fused-ring (bicyclic) bond motifs is 1. The fraction of sp³-hybridized carbons (Fsp3) is 0.0526. The molecule has 3 aromatic carbocycles. The van der Waals surface area contributed by atoms with Crippen LogP contribution >= 0.6 is 11.6 Å². The summed E-state index contributed by atoms with van der Waals surface area (Å²) in [4.78, 5) is 11.9. The monoisotopic (exact) mass is 353 g/mol. The van der Waals surface area contributed by atoms with Crippen LogP contribution in [0.1, 0.15) is 5.56 Å². The summed E-state index contributed by atoms with van der Waals surface area (Å²) in [5.41, 5.74) is 3.74. The van der Waals surface area contributed by atoms with Crippen molar-refractivity contribution in [3.63, 3.8) is 0 Å². The van der Waals surface area contributed by atoms with E-state index in [1.807, 2.05) is 36.4 Å². The zero-order valence-electron chi connectivity index (χ0n) is 13.2. The van der Waals surface area contributed by atoms with Gasteiger partial charge in [-0.3, -0.25) is 4.79 Å². The molecule has 5 nitrogen and oxygen atoms in total. The Balaban J connectivity index is 1.63. The standard InChI is InChI=1S/C19H16ClN3O2/c20-14-5-3-6-15(10-14)21-12-19(25)23-22-11-17-16-7-2-1-4-13(16)8-9-18(17)24/h1-11,21,24H,12H2,(H,23,25). The lowest BCUT2D eigenvalue weighted by molar-refractivity contribution is -0.119. The smallest absolute Gasteiger partial charge is 0.259 e. The predicted molar refractivity (Wildman–Crippen MR) is 101 cm³/mol. The van der Waals surface area contributed by atoms with E-state index in [-0.39, 0.29) is 18.2 Å². The van der Waals surface area contributed by atoms with E-state index in [0.29, 0.717) is 10.6 Å². The highest BCUT2D eigenvalue weighted by Crippen LogP contribution is 2.25. The molecule has 0 bridgehead atoms. The number of amides is 1. The van der Waals surface area contributed by atoms with Crippen molar-refractivity contribution in [3.05, 3.63) is 71.2 Å². The highest BCUT2D eigenvalue weighted by molar-refractivity contribution is 6.30. The number of rotatable bonds is 5. The summed E-state index contributed by atoms with van der Waals surface area (Å²) < 4.78 is 0. The van der Waals surface area contributed by atoms with E-state index >= 15 is 0 Å². The van der Waals surface area contributed by atoms with Gasteiger partial charge in [-0.2, -0.15) is 5.10 Å². The number of nitrogens with one attached hydrogen (secondary N) is 2. The summed E-state index contributed by atoms with van der Waals surface area (Å²) >= 11 is 5.89. The number of phenolic OH excluding ortho intramolecular Hbond substituents is 1. The number of hydrazone groups is 1. The summed E-state index contributed by atoms with van der Waals surface area (Å²) in [7, 11) is 0. The van der Waals surface area contributed by atoms with Crippen molar-refractivity contribution in [2.75, 3.05) is 11.9 Å². The van der Waals surface area contributed by atoms with E-state index in [2.05, 4.69) is 15.8 Å². The highest BCUT2D eigenvalue weighted by Gasteiger charge is 2.05. The minimum absolute atomic E-state index is 0.0548. The van der Waals surface area contributed by atoms with Gasteiger partial charge in [0.05, 0.1) is 12.8 Å². The Bertz CT molecular complexity index is 941. The minimum atomic E-state index is -0.309. The second kappa shape index (κ2) is 7.68. The molecule has 0 radical (unpaired) electrons. The Labute approximate surface area is 149 Å². The maximum atomic E-state index is 11.9. The second-order valence-corrected chi connectivity index (χ2v) is 5.81. The van der Waals surface area contributed by atoms with Gasteiger partial charge in [-0.25, -0.2) is 5.43 Å². The van der Waals surface area contributed by atoms with Gasteiger partial charge in [0.2, 0.25) is 0 Å². The van der Waals surface area contributed by atoms with Crippen LogP contribution in [0, 0.1) is 0 Å². The highest BCUT2D eigenvalue weighted by atomic mass is 35.5. The van der Waals surface area contributed by atoms with Crippen LogP contribution in [-0.4, -0.2) is 23.8 Å². The first kappa shape index (κ1) is 16.8. The molecule has 0 heterocycles. The van der Waals surface area contributed by atoms with Gasteiger partial charge >= 0.3 is 0 Å². The Morgan fingerprint density at radius 2 is 1.96 bits per heavy atom. The minimum Gasteiger partial charge on any atom is -0.507 e. The molecular formula is C19H16ClN3O2. The molecule has 0 aliphatic carbocycles. The van der Waals surface area contributed by atoms with Crippen LogP contribution in [-0.2, 0) is 4.79 Å². The Hall–Kier alpha value is -3.05. The van der Waals surface area contributed by atoms with Crippen molar-refractivity contribution in [2.45, 2.75) is 0 Å². The molecule has 3 aromatic rings. The molecule has 25 heavy (non-hydrogen) atoms. The van der Waals surface area contributed by atoms with Crippen LogP contribution in [0.4, 0.5) is 5.69 Å². The van der Waals surface area contributed by atoms with Crippen molar-refractivity contribution in [3.8, 4) is 5.75 Å². The number of anilines is 1. The molecule has 1 amide bonds. The van der Waals surface area contributed by atoms with Gasteiger partial charge in [0.25, 0.3) is 5.91 Å². The van der Waals surface area contributed by atoms with E-state index in [4.69, 9.17) is 11.6 Å². The van der Waals surface area contributed by atoms with Gasteiger partial charge in [-0.15, -0.1) is 0 Å². The zero-order valence-corrected chi connectivity index (χ0v) is 14.0. The molecule has 3 rings (SSSR count). The first-order valence-electron chi connectivity index (χ1n) is 7.65. The number of phenols is 1. The fourth-order valence-electron chi connectivity index (χ4n) is 2.41. The number of hydrogen-bond acceptors (Lipinski definition) is 4. The molecule has 0 aliphatic heterocycles. The van der Waals surface area contributed by atoms with E-state index in [9.17, 15) is 9.90 Å². The maximum absolute atomic E-state index is 11.9. The van der Waals surface area contributed by atoms with Crippen molar-refractivity contribution in [1.29, 1.82) is 0 Å². The molecule has 0 saturated carbocycles. The van der Waals surface area contributed by atoms with Gasteiger partial charge < -0.3 is 10.4 Å². The van der Waals surface area contributed by atoms with Gasteiger partial charge in [0, 0.05) is 16.3 Å². The number of hydrogen-bond donors (Lipinski definition) is 3. The van der Waals surface area contributed by atoms with Crippen LogP contribution in [0.5, 0.6) is 5.75 Å². The lowest BCUT2D eigenvalue weighted by atomic mass is 10.0. The molecule has 0 fully saturated rings. The van der Waals surface area contributed by atoms with Crippen LogP contribution in [0.25, 0.3) is 10.8 Å². The molecule has 6 heteroatoms. The van der Waals surface area contributed by atoms with Crippen molar-refractivity contribution >= 4 is 40.2 Å². The molecule has 0 spiro atoms. The molecule has 0 aromatic heterocycles. The van der Waals surface area contributed by atoms with Gasteiger partial charge in [-0.05, 0) is 35.0 Å². The lowest BCUT2D eigenvalue weighted by Crippen LogP contribution is -2.25. The average Bonchev–Trinajstić information content (AvgIpc) is 2.62. The van der Waals surface area contributed by atoms with Crippen LogP contribution in [0.15, 0.2) is 65.8 Å². The van der Waals surface area contributed by atoms with Gasteiger partial charge in [0.1, 0.15) is 5.75 Å². The predicted octanol–water partition coefficient (Wildman–Crippen LogP) is 3.76. The lowest BCUT2D eigenvalue weighted by Gasteiger charge is -2.06. The van der Waals surface area contributed by atoms with E-state index < -0.39 is 0 Å². The maximum Gasteiger partial charge on any atom is 0.259 e. The molecule has 0 atom stereocenters. The molecule has 126 valence electrons. The molecule has 3 N–H and O–H groups in total. The van der Waals surface area contributed by atoms with Crippen molar-refractivity contribution < 1.29 is 9.90 Å². The van der Waals surface area contributed by atoms with Crippen LogP contribution < -0.4 is 10.7 Å². The quantitative estimate of drug-likeness (QED) is 0.483. The molecule has 0 unspecified atom stereocenters. The van der Waals surface area contributed by atoms with Gasteiger partial charge in [-0.1, -0.05) is 48.0 Å². The average molecular weight is 354 g/mol. The second-order valence-electron chi connectivity index (χ2n) is 5.38.